The quantitative estimate of drug-likeness (QED) is 0.893. The van der Waals surface area contributed by atoms with Crippen LogP contribution in [0, 0.1) is 5.92 Å². The standard InChI is InChI=1S/C13H17F3N2O/c1-9(10-2-3-10)17-6-7-18-8-11(13(14,15)16)4-5-12(18)19/h4-5,8-10,17H,2-3,6-7H2,1H3. The zero-order valence-corrected chi connectivity index (χ0v) is 10.7. The maximum Gasteiger partial charge on any atom is 0.417 e. The first-order valence-corrected chi connectivity index (χ1v) is 6.39. The van der Waals surface area contributed by atoms with E-state index in [9.17, 15) is 18.0 Å². The van der Waals surface area contributed by atoms with E-state index < -0.39 is 17.3 Å². The summed E-state index contributed by atoms with van der Waals surface area (Å²) in [5, 5.41) is 3.24. The molecule has 2 rings (SSSR count). The average Bonchev–Trinajstić information content (AvgIpc) is 3.13. The van der Waals surface area contributed by atoms with Crippen molar-refractivity contribution in [3.05, 3.63) is 34.2 Å². The lowest BCUT2D eigenvalue weighted by Crippen LogP contribution is -2.33. The van der Waals surface area contributed by atoms with Crippen LogP contribution in [0.4, 0.5) is 13.2 Å². The average molecular weight is 274 g/mol. The van der Waals surface area contributed by atoms with Gasteiger partial charge in [0.2, 0.25) is 0 Å². The van der Waals surface area contributed by atoms with Crippen LogP contribution in [0.1, 0.15) is 25.3 Å². The van der Waals surface area contributed by atoms with Crippen molar-refractivity contribution in [1.82, 2.24) is 9.88 Å². The zero-order valence-electron chi connectivity index (χ0n) is 10.7. The highest BCUT2D eigenvalue weighted by Crippen LogP contribution is 2.32. The van der Waals surface area contributed by atoms with Gasteiger partial charge in [-0.2, -0.15) is 13.2 Å². The Labute approximate surface area is 109 Å². The number of pyridine rings is 1. The van der Waals surface area contributed by atoms with E-state index in [-0.39, 0.29) is 6.54 Å². The molecule has 3 nitrogen and oxygen atoms in total. The Balaban J connectivity index is 1.96. The van der Waals surface area contributed by atoms with Crippen LogP contribution < -0.4 is 10.9 Å². The van der Waals surface area contributed by atoms with Crippen LogP contribution >= 0.6 is 0 Å². The highest BCUT2D eigenvalue weighted by atomic mass is 19.4. The van der Waals surface area contributed by atoms with Gasteiger partial charge in [0.05, 0.1) is 5.56 Å². The summed E-state index contributed by atoms with van der Waals surface area (Å²) in [4.78, 5) is 11.5. The molecule has 106 valence electrons. The highest BCUT2D eigenvalue weighted by molar-refractivity contribution is 5.13. The molecular weight excluding hydrogens is 257 g/mol. The first-order chi connectivity index (χ1) is 8.88. The Morgan fingerprint density at radius 2 is 2.11 bits per heavy atom. The van der Waals surface area contributed by atoms with Gasteiger partial charge in [0.15, 0.2) is 0 Å². The van der Waals surface area contributed by atoms with Gasteiger partial charge in [-0.05, 0) is 31.7 Å². The van der Waals surface area contributed by atoms with Crippen LogP contribution in [-0.2, 0) is 12.7 Å². The van der Waals surface area contributed by atoms with Crippen LogP contribution in [-0.4, -0.2) is 17.2 Å². The Kier molecular flexibility index (Phi) is 3.99. The number of nitrogens with one attached hydrogen (secondary N) is 1. The lowest BCUT2D eigenvalue weighted by molar-refractivity contribution is -0.138. The van der Waals surface area contributed by atoms with Crippen LogP contribution in [0.15, 0.2) is 23.1 Å². The highest BCUT2D eigenvalue weighted by Gasteiger charge is 2.31. The molecule has 0 aromatic carbocycles. The molecule has 1 aliphatic rings. The molecule has 1 heterocycles. The molecule has 1 unspecified atom stereocenters. The first-order valence-electron chi connectivity index (χ1n) is 6.39. The molecule has 0 amide bonds. The van der Waals surface area contributed by atoms with E-state index >= 15 is 0 Å². The molecule has 0 aliphatic heterocycles. The minimum absolute atomic E-state index is 0.250. The SMILES string of the molecule is CC(NCCn1cc(C(F)(F)F)ccc1=O)C1CC1. The maximum absolute atomic E-state index is 12.5. The second-order valence-corrected chi connectivity index (χ2v) is 5.03. The molecule has 0 radical (unpaired) electrons. The Hall–Kier alpha value is -1.30. The smallest absolute Gasteiger partial charge is 0.314 e. The molecule has 1 atom stereocenters. The summed E-state index contributed by atoms with van der Waals surface area (Å²) in [6.07, 6.45) is -1.12. The number of aromatic nitrogens is 1. The molecule has 1 saturated carbocycles. The van der Waals surface area contributed by atoms with Crippen LogP contribution in [0.3, 0.4) is 0 Å². The summed E-state index contributed by atoms with van der Waals surface area (Å²) in [6, 6.07) is 2.15. The Morgan fingerprint density at radius 3 is 2.68 bits per heavy atom. The number of halogens is 3. The van der Waals surface area contributed by atoms with E-state index in [0.29, 0.717) is 18.5 Å². The van der Waals surface area contributed by atoms with Crippen molar-refractivity contribution in [3.8, 4) is 0 Å². The molecule has 1 aromatic heterocycles. The van der Waals surface area contributed by atoms with Gasteiger partial charge in [-0.3, -0.25) is 4.79 Å². The third kappa shape index (κ3) is 3.83. The maximum atomic E-state index is 12.5. The third-order valence-electron chi connectivity index (χ3n) is 3.46. The summed E-state index contributed by atoms with van der Waals surface area (Å²) < 4.78 is 38.7. The van der Waals surface area contributed by atoms with Crippen LogP contribution in [0.2, 0.25) is 0 Å². The molecule has 1 N–H and O–H groups in total. The number of rotatable bonds is 5. The van der Waals surface area contributed by atoms with Gasteiger partial charge in [0, 0.05) is 31.4 Å². The fourth-order valence-electron chi connectivity index (χ4n) is 2.05. The minimum Gasteiger partial charge on any atom is -0.314 e. The van der Waals surface area contributed by atoms with Gasteiger partial charge >= 0.3 is 6.18 Å². The van der Waals surface area contributed by atoms with E-state index in [4.69, 9.17) is 0 Å². The van der Waals surface area contributed by atoms with Gasteiger partial charge in [-0.15, -0.1) is 0 Å². The minimum atomic E-state index is -4.41. The molecule has 1 aromatic rings. The lowest BCUT2D eigenvalue weighted by Gasteiger charge is -2.14. The fraction of sp³-hybridized carbons (Fsp3) is 0.615. The summed E-state index contributed by atoms with van der Waals surface area (Å²) in [5.41, 5.74) is -1.20. The van der Waals surface area contributed by atoms with E-state index in [2.05, 4.69) is 12.2 Å². The van der Waals surface area contributed by atoms with Crippen molar-refractivity contribution in [2.75, 3.05) is 6.54 Å². The fourth-order valence-corrected chi connectivity index (χ4v) is 2.05. The van der Waals surface area contributed by atoms with E-state index in [1.165, 1.54) is 12.8 Å². The van der Waals surface area contributed by atoms with Gasteiger partial charge in [-0.25, -0.2) is 0 Å². The van der Waals surface area contributed by atoms with Gasteiger partial charge in [-0.1, -0.05) is 0 Å². The lowest BCUT2D eigenvalue weighted by atomic mass is 10.2. The second kappa shape index (κ2) is 5.36. The zero-order chi connectivity index (χ0) is 14.0. The van der Waals surface area contributed by atoms with Crippen molar-refractivity contribution < 1.29 is 13.2 Å². The van der Waals surface area contributed by atoms with Crippen molar-refractivity contribution >= 4 is 0 Å². The number of alkyl halides is 3. The topological polar surface area (TPSA) is 34.0 Å². The first kappa shape index (κ1) is 14.1. The number of nitrogens with zero attached hydrogens (tertiary/aromatic N) is 1. The summed E-state index contributed by atoms with van der Waals surface area (Å²) >= 11 is 0. The molecule has 19 heavy (non-hydrogen) atoms. The summed E-state index contributed by atoms with van der Waals surface area (Å²) in [7, 11) is 0. The van der Waals surface area contributed by atoms with Crippen LogP contribution in [0.25, 0.3) is 0 Å². The molecule has 1 fully saturated rings. The summed E-state index contributed by atoms with van der Waals surface area (Å²) in [5.74, 6) is 0.679. The molecule has 0 bridgehead atoms. The number of hydrogen-bond acceptors (Lipinski definition) is 2. The van der Waals surface area contributed by atoms with Gasteiger partial charge in [0.25, 0.3) is 5.56 Å². The molecule has 1 aliphatic carbocycles. The van der Waals surface area contributed by atoms with Crippen molar-refractivity contribution in [2.24, 2.45) is 5.92 Å². The van der Waals surface area contributed by atoms with Crippen molar-refractivity contribution in [3.63, 3.8) is 0 Å². The summed E-state index contributed by atoms with van der Waals surface area (Å²) in [6.45, 7) is 2.81. The number of hydrogen-bond donors (Lipinski definition) is 1. The largest absolute Gasteiger partial charge is 0.417 e. The molecule has 6 heteroatoms. The monoisotopic (exact) mass is 274 g/mol. The predicted molar refractivity (Wildman–Crippen MR) is 65.9 cm³/mol. The van der Waals surface area contributed by atoms with Crippen LogP contribution in [0.5, 0.6) is 0 Å². The molecule has 0 saturated heterocycles. The van der Waals surface area contributed by atoms with E-state index in [0.717, 1.165) is 22.9 Å². The van der Waals surface area contributed by atoms with Gasteiger partial charge < -0.3 is 9.88 Å². The van der Waals surface area contributed by atoms with E-state index in [1.807, 2.05) is 0 Å². The van der Waals surface area contributed by atoms with E-state index in [1.54, 1.807) is 0 Å². The molecular formula is C13H17F3N2O. The van der Waals surface area contributed by atoms with Crippen molar-refractivity contribution in [2.45, 2.75) is 38.5 Å². The second-order valence-electron chi connectivity index (χ2n) is 5.03. The van der Waals surface area contributed by atoms with Gasteiger partial charge in [0.1, 0.15) is 0 Å². The predicted octanol–water partition coefficient (Wildman–Crippen LogP) is 2.26. The Morgan fingerprint density at radius 1 is 1.42 bits per heavy atom. The normalized spacial score (nSPS) is 17.5. The van der Waals surface area contributed by atoms with Crippen molar-refractivity contribution in [1.29, 1.82) is 0 Å². The molecule has 0 spiro atoms. The Bertz CT molecular complexity index is 491. The third-order valence-corrected chi connectivity index (χ3v) is 3.46.